The van der Waals surface area contributed by atoms with Gasteiger partial charge in [0.25, 0.3) is 0 Å². The molecule has 0 aliphatic rings. The topological polar surface area (TPSA) is 42.2 Å². The van der Waals surface area contributed by atoms with Crippen LogP contribution in [0.15, 0.2) is 30.5 Å². The summed E-state index contributed by atoms with van der Waals surface area (Å²) in [6, 6.07) is 5.17. The van der Waals surface area contributed by atoms with Crippen LogP contribution in [0.25, 0.3) is 0 Å². The lowest BCUT2D eigenvalue weighted by molar-refractivity contribution is 0.0685. The number of carbonyl (C=O) groups is 1. The van der Waals surface area contributed by atoms with E-state index in [-0.39, 0.29) is 17.8 Å². The van der Waals surface area contributed by atoms with Gasteiger partial charge in [-0.05, 0) is 36.1 Å². The van der Waals surface area contributed by atoms with Gasteiger partial charge in [-0.2, -0.15) is 0 Å². The Labute approximate surface area is 121 Å². The average Bonchev–Trinajstić information content (AvgIpc) is 2.76. The second kappa shape index (κ2) is 6.08. The zero-order valence-electron chi connectivity index (χ0n) is 11.9. The first-order valence-corrected chi connectivity index (χ1v) is 6.73. The fourth-order valence-corrected chi connectivity index (χ4v) is 2.32. The van der Waals surface area contributed by atoms with E-state index in [0.717, 1.165) is 17.7 Å². The highest BCUT2D eigenvalue weighted by molar-refractivity contribution is 5.86. The van der Waals surface area contributed by atoms with Crippen LogP contribution in [-0.4, -0.2) is 15.6 Å². The number of aromatic nitrogens is 1. The van der Waals surface area contributed by atoms with Gasteiger partial charge in [0.1, 0.15) is 17.3 Å². The smallest absolute Gasteiger partial charge is 0.352 e. The minimum atomic E-state index is -1.11. The van der Waals surface area contributed by atoms with Crippen molar-refractivity contribution in [2.24, 2.45) is 5.92 Å². The van der Waals surface area contributed by atoms with Crippen LogP contribution in [0.4, 0.5) is 8.78 Å². The molecule has 0 fully saturated rings. The van der Waals surface area contributed by atoms with Gasteiger partial charge in [-0.3, -0.25) is 0 Å². The molecule has 0 unspecified atom stereocenters. The summed E-state index contributed by atoms with van der Waals surface area (Å²) in [7, 11) is 0. The quantitative estimate of drug-likeness (QED) is 0.913. The zero-order valence-corrected chi connectivity index (χ0v) is 11.9. The molecular weight excluding hydrogens is 276 g/mol. The molecular formula is C16H17F2NO2. The van der Waals surface area contributed by atoms with E-state index in [4.69, 9.17) is 0 Å². The highest BCUT2D eigenvalue weighted by Crippen LogP contribution is 2.18. The fraction of sp³-hybridized carbons (Fsp3) is 0.312. The molecule has 21 heavy (non-hydrogen) atoms. The molecule has 0 amide bonds. The van der Waals surface area contributed by atoms with Crippen LogP contribution in [0.3, 0.4) is 0 Å². The number of hydrogen-bond donors (Lipinski definition) is 1. The third-order valence-electron chi connectivity index (χ3n) is 3.21. The Kier molecular flexibility index (Phi) is 4.40. The van der Waals surface area contributed by atoms with Crippen molar-refractivity contribution in [3.63, 3.8) is 0 Å². The molecule has 112 valence electrons. The van der Waals surface area contributed by atoms with Gasteiger partial charge < -0.3 is 9.67 Å². The van der Waals surface area contributed by atoms with E-state index in [9.17, 15) is 18.7 Å². The normalized spacial score (nSPS) is 11.1. The van der Waals surface area contributed by atoms with Crippen LogP contribution in [0, 0.1) is 17.6 Å². The molecule has 0 aliphatic heterocycles. The molecule has 0 atom stereocenters. The Morgan fingerprint density at radius 2 is 1.90 bits per heavy atom. The maximum atomic E-state index is 13.7. The van der Waals surface area contributed by atoms with Crippen molar-refractivity contribution in [3.05, 3.63) is 58.9 Å². The van der Waals surface area contributed by atoms with E-state index in [1.807, 2.05) is 13.8 Å². The summed E-state index contributed by atoms with van der Waals surface area (Å²) < 4.78 is 28.7. The number of halogens is 2. The predicted octanol–water partition coefficient (Wildman–Crippen LogP) is 3.71. The molecule has 0 saturated heterocycles. The van der Waals surface area contributed by atoms with Crippen molar-refractivity contribution in [1.29, 1.82) is 0 Å². The number of hydrogen-bond acceptors (Lipinski definition) is 1. The van der Waals surface area contributed by atoms with Crippen LogP contribution < -0.4 is 0 Å². The summed E-state index contributed by atoms with van der Waals surface area (Å²) >= 11 is 0. The average molecular weight is 293 g/mol. The number of rotatable bonds is 5. The standard InChI is InChI=1S/C16H17F2NO2/c1-10(2)6-11-7-15(16(20)21)19(8-11)9-12-13(17)4-3-5-14(12)18/h3-5,7-8,10H,6,9H2,1-2H3,(H,20,21). The second-order valence-corrected chi connectivity index (χ2v) is 5.46. The number of carboxylic acids is 1. The lowest BCUT2D eigenvalue weighted by Crippen LogP contribution is -2.10. The summed E-state index contributed by atoms with van der Waals surface area (Å²) in [5.41, 5.74) is 0.749. The van der Waals surface area contributed by atoms with Gasteiger partial charge in [0.15, 0.2) is 0 Å². The fourth-order valence-electron chi connectivity index (χ4n) is 2.32. The van der Waals surface area contributed by atoms with Crippen molar-refractivity contribution in [3.8, 4) is 0 Å². The van der Waals surface area contributed by atoms with Gasteiger partial charge >= 0.3 is 5.97 Å². The largest absolute Gasteiger partial charge is 0.477 e. The molecule has 5 heteroatoms. The third-order valence-corrected chi connectivity index (χ3v) is 3.21. The van der Waals surface area contributed by atoms with Gasteiger partial charge in [0, 0.05) is 11.8 Å². The van der Waals surface area contributed by atoms with Gasteiger partial charge in [-0.25, -0.2) is 13.6 Å². The molecule has 2 aromatic rings. The minimum Gasteiger partial charge on any atom is -0.477 e. The Balaban J connectivity index is 2.38. The molecule has 2 rings (SSSR count). The van der Waals surface area contributed by atoms with Gasteiger partial charge in [0.05, 0.1) is 6.54 Å². The summed E-state index contributed by atoms with van der Waals surface area (Å²) in [6.07, 6.45) is 2.36. The van der Waals surface area contributed by atoms with E-state index in [1.165, 1.54) is 10.6 Å². The maximum absolute atomic E-state index is 13.7. The first-order valence-electron chi connectivity index (χ1n) is 6.73. The van der Waals surface area contributed by atoms with Crippen molar-refractivity contribution in [1.82, 2.24) is 4.57 Å². The lowest BCUT2D eigenvalue weighted by Gasteiger charge is -2.08. The summed E-state index contributed by atoms with van der Waals surface area (Å²) in [4.78, 5) is 11.3. The number of carboxylic acid groups (broad SMARTS) is 1. The van der Waals surface area contributed by atoms with E-state index in [2.05, 4.69) is 0 Å². The molecule has 1 aromatic carbocycles. The Hall–Kier alpha value is -2.17. The molecule has 1 heterocycles. The van der Waals surface area contributed by atoms with Crippen LogP contribution >= 0.6 is 0 Å². The molecule has 3 nitrogen and oxygen atoms in total. The molecule has 1 N–H and O–H groups in total. The van der Waals surface area contributed by atoms with Crippen molar-refractivity contribution >= 4 is 5.97 Å². The summed E-state index contributed by atoms with van der Waals surface area (Å²) in [5.74, 6) is -2.09. The molecule has 0 saturated carbocycles. The first-order chi connectivity index (χ1) is 9.88. The third kappa shape index (κ3) is 3.48. The summed E-state index contributed by atoms with van der Waals surface area (Å²) in [6.45, 7) is 3.90. The van der Waals surface area contributed by atoms with E-state index >= 15 is 0 Å². The number of aromatic carboxylic acids is 1. The van der Waals surface area contributed by atoms with Gasteiger partial charge in [0.2, 0.25) is 0 Å². The highest BCUT2D eigenvalue weighted by atomic mass is 19.1. The van der Waals surface area contributed by atoms with Crippen LogP contribution in [0.5, 0.6) is 0 Å². The Morgan fingerprint density at radius 3 is 2.43 bits per heavy atom. The van der Waals surface area contributed by atoms with Crippen LogP contribution in [-0.2, 0) is 13.0 Å². The second-order valence-electron chi connectivity index (χ2n) is 5.46. The monoisotopic (exact) mass is 293 g/mol. The van der Waals surface area contributed by atoms with E-state index < -0.39 is 17.6 Å². The highest BCUT2D eigenvalue weighted by Gasteiger charge is 2.16. The van der Waals surface area contributed by atoms with Crippen molar-refractivity contribution in [2.75, 3.05) is 0 Å². The van der Waals surface area contributed by atoms with Crippen LogP contribution in [0.1, 0.15) is 35.5 Å². The first kappa shape index (κ1) is 15.2. The maximum Gasteiger partial charge on any atom is 0.352 e. The van der Waals surface area contributed by atoms with Gasteiger partial charge in [-0.1, -0.05) is 19.9 Å². The lowest BCUT2D eigenvalue weighted by atomic mass is 10.1. The van der Waals surface area contributed by atoms with E-state index in [0.29, 0.717) is 12.3 Å². The minimum absolute atomic E-state index is 0.0355. The predicted molar refractivity (Wildman–Crippen MR) is 75.4 cm³/mol. The SMILES string of the molecule is CC(C)Cc1cc(C(=O)O)n(Cc2c(F)cccc2F)c1. The summed E-state index contributed by atoms with van der Waals surface area (Å²) in [5, 5.41) is 9.22. The number of nitrogens with zero attached hydrogens (tertiary/aromatic N) is 1. The van der Waals surface area contributed by atoms with Crippen LogP contribution in [0.2, 0.25) is 0 Å². The molecule has 0 aliphatic carbocycles. The van der Waals surface area contributed by atoms with Crippen molar-refractivity contribution < 1.29 is 18.7 Å². The molecule has 0 bridgehead atoms. The number of benzene rings is 1. The Bertz CT molecular complexity index is 642. The molecule has 0 spiro atoms. The molecule has 1 aromatic heterocycles. The van der Waals surface area contributed by atoms with E-state index in [1.54, 1.807) is 12.3 Å². The Morgan fingerprint density at radius 1 is 1.29 bits per heavy atom. The van der Waals surface area contributed by atoms with Gasteiger partial charge in [-0.15, -0.1) is 0 Å². The zero-order chi connectivity index (χ0) is 15.6. The van der Waals surface area contributed by atoms with Crippen molar-refractivity contribution in [2.45, 2.75) is 26.8 Å². The molecule has 0 radical (unpaired) electrons.